The number of hydrogen-bond acceptors (Lipinski definition) is 5. The molecule has 0 unspecified atom stereocenters. The fraction of sp³-hybridized carbons (Fsp3) is 0.562. The second-order valence-electron chi connectivity index (χ2n) is 6.26. The van der Waals surface area contributed by atoms with Gasteiger partial charge >= 0.3 is 0 Å². The third-order valence-electron chi connectivity index (χ3n) is 3.97. The number of hydrogen-bond donors (Lipinski definition) is 1. The van der Waals surface area contributed by atoms with E-state index in [2.05, 4.69) is 34.3 Å². The van der Waals surface area contributed by atoms with E-state index in [-0.39, 0.29) is 5.91 Å². The van der Waals surface area contributed by atoms with Crippen molar-refractivity contribution in [2.75, 3.05) is 24.5 Å². The van der Waals surface area contributed by atoms with Crippen LogP contribution in [0.25, 0.3) is 5.13 Å². The van der Waals surface area contributed by atoms with E-state index in [1.807, 2.05) is 22.9 Å². The van der Waals surface area contributed by atoms with Crippen LogP contribution in [-0.4, -0.2) is 40.3 Å². The molecular weight excluding hydrogens is 310 g/mol. The fourth-order valence-electron chi connectivity index (χ4n) is 2.64. The maximum Gasteiger partial charge on any atom is 0.268 e. The van der Waals surface area contributed by atoms with E-state index < -0.39 is 0 Å². The van der Waals surface area contributed by atoms with E-state index in [1.54, 1.807) is 0 Å². The van der Waals surface area contributed by atoms with Gasteiger partial charge in [0.05, 0.1) is 0 Å². The standard InChI is InChI=1S/C16H23N5OS/c1-12(2)7-8-17-14(22)13-6-5-11-21(13)16-19-18-15(23-16)20-9-3-4-10-20/h5-6,11-12H,3-4,7-10H2,1-2H3,(H,17,22). The van der Waals surface area contributed by atoms with Gasteiger partial charge in [0.2, 0.25) is 10.3 Å². The van der Waals surface area contributed by atoms with Crippen molar-refractivity contribution in [3.8, 4) is 5.13 Å². The first kappa shape index (κ1) is 16.0. The third-order valence-corrected chi connectivity index (χ3v) is 4.96. The molecule has 0 saturated carbocycles. The summed E-state index contributed by atoms with van der Waals surface area (Å²) in [6.45, 7) is 7.08. The molecule has 6 nitrogen and oxygen atoms in total. The Labute approximate surface area is 140 Å². The molecule has 0 atom stereocenters. The summed E-state index contributed by atoms with van der Waals surface area (Å²) in [5.41, 5.74) is 0.609. The lowest BCUT2D eigenvalue weighted by Gasteiger charge is -2.11. The van der Waals surface area contributed by atoms with Gasteiger partial charge in [0, 0.05) is 25.8 Å². The van der Waals surface area contributed by atoms with Crippen LogP contribution in [0.1, 0.15) is 43.6 Å². The quantitative estimate of drug-likeness (QED) is 0.883. The van der Waals surface area contributed by atoms with Crippen LogP contribution in [0.5, 0.6) is 0 Å². The predicted octanol–water partition coefficient (Wildman–Crippen LogP) is 2.70. The molecule has 0 radical (unpaired) electrons. The molecule has 1 amide bonds. The van der Waals surface area contributed by atoms with Crippen molar-refractivity contribution < 1.29 is 4.79 Å². The van der Waals surface area contributed by atoms with Crippen LogP contribution in [0.2, 0.25) is 0 Å². The van der Waals surface area contributed by atoms with Crippen molar-refractivity contribution in [2.24, 2.45) is 5.92 Å². The summed E-state index contributed by atoms with van der Waals surface area (Å²) in [5, 5.41) is 13.2. The predicted molar refractivity (Wildman–Crippen MR) is 92.5 cm³/mol. The molecule has 0 bridgehead atoms. The molecule has 1 saturated heterocycles. The number of aromatic nitrogens is 3. The smallest absolute Gasteiger partial charge is 0.268 e. The number of nitrogens with one attached hydrogen (secondary N) is 1. The Morgan fingerprint density at radius 2 is 2.04 bits per heavy atom. The molecular formula is C16H23N5OS. The number of nitrogens with zero attached hydrogens (tertiary/aromatic N) is 4. The topological polar surface area (TPSA) is 63.1 Å². The zero-order chi connectivity index (χ0) is 16.2. The molecule has 0 aromatic carbocycles. The van der Waals surface area contributed by atoms with Gasteiger partial charge in [-0.1, -0.05) is 25.2 Å². The van der Waals surface area contributed by atoms with Crippen molar-refractivity contribution in [3.05, 3.63) is 24.0 Å². The Bertz CT molecular complexity index is 657. The highest BCUT2D eigenvalue weighted by Crippen LogP contribution is 2.27. The molecule has 1 aliphatic rings. The average Bonchev–Trinajstić information content (AvgIpc) is 3.26. The third kappa shape index (κ3) is 3.72. The zero-order valence-electron chi connectivity index (χ0n) is 13.7. The van der Waals surface area contributed by atoms with Gasteiger partial charge in [0.1, 0.15) is 5.69 Å². The summed E-state index contributed by atoms with van der Waals surface area (Å²) in [7, 11) is 0. The maximum atomic E-state index is 12.4. The highest BCUT2D eigenvalue weighted by Gasteiger charge is 2.19. The average molecular weight is 333 g/mol. The SMILES string of the molecule is CC(C)CCNC(=O)c1cccn1-c1nnc(N2CCCC2)s1. The largest absolute Gasteiger partial charge is 0.351 e. The fourth-order valence-corrected chi connectivity index (χ4v) is 3.54. The van der Waals surface area contributed by atoms with Crippen LogP contribution < -0.4 is 10.2 Å². The minimum Gasteiger partial charge on any atom is -0.351 e. The first-order valence-electron chi connectivity index (χ1n) is 8.19. The summed E-state index contributed by atoms with van der Waals surface area (Å²) in [6, 6.07) is 3.69. The Hall–Kier alpha value is -1.89. The molecule has 1 fully saturated rings. The van der Waals surface area contributed by atoms with Crippen molar-refractivity contribution in [1.82, 2.24) is 20.1 Å². The Morgan fingerprint density at radius 1 is 1.30 bits per heavy atom. The molecule has 3 rings (SSSR count). The minimum absolute atomic E-state index is 0.0615. The normalized spacial score (nSPS) is 14.7. The van der Waals surface area contributed by atoms with Gasteiger partial charge in [-0.3, -0.25) is 9.36 Å². The monoisotopic (exact) mass is 333 g/mol. The molecule has 1 N–H and O–H groups in total. The van der Waals surface area contributed by atoms with Gasteiger partial charge in [0.25, 0.3) is 5.91 Å². The number of carbonyl (C=O) groups is 1. The van der Waals surface area contributed by atoms with E-state index in [9.17, 15) is 4.79 Å². The summed E-state index contributed by atoms with van der Waals surface area (Å²) in [6.07, 6.45) is 5.26. The number of anilines is 1. The number of amides is 1. The van der Waals surface area contributed by atoms with E-state index in [0.717, 1.165) is 29.8 Å². The van der Waals surface area contributed by atoms with Crippen LogP contribution in [0.15, 0.2) is 18.3 Å². The second-order valence-corrected chi connectivity index (χ2v) is 7.20. The van der Waals surface area contributed by atoms with Gasteiger partial charge in [-0.05, 0) is 37.3 Å². The van der Waals surface area contributed by atoms with E-state index >= 15 is 0 Å². The maximum absolute atomic E-state index is 12.4. The Morgan fingerprint density at radius 3 is 2.78 bits per heavy atom. The van der Waals surface area contributed by atoms with Gasteiger partial charge in [0.15, 0.2) is 0 Å². The van der Waals surface area contributed by atoms with Crippen molar-refractivity contribution in [1.29, 1.82) is 0 Å². The molecule has 3 heterocycles. The Kier molecular flexibility index (Phi) is 4.95. The van der Waals surface area contributed by atoms with Crippen LogP contribution in [-0.2, 0) is 0 Å². The summed E-state index contributed by atoms with van der Waals surface area (Å²) < 4.78 is 1.82. The van der Waals surface area contributed by atoms with Crippen LogP contribution in [0.4, 0.5) is 5.13 Å². The van der Waals surface area contributed by atoms with Crippen molar-refractivity contribution in [3.63, 3.8) is 0 Å². The van der Waals surface area contributed by atoms with Crippen LogP contribution in [0.3, 0.4) is 0 Å². The lowest BCUT2D eigenvalue weighted by Crippen LogP contribution is -2.27. The summed E-state index contributed by atoms with van der Waals surface area (Å²) in [5.74, 6) is 0.516. The molecule has 2 aromatic rings. The van der Waals surface area contributed by atoms with Gasteiger partial charge in [-0.2, -0.15) is 0 Å². The van der Waals surface area contributed by atoms with Crippen molar-refractivity contribution >= 4 is 22.4 Å². The molecule has 0 aliphatic carbocycles. The first-order valence-corrected chi connectivity index (χ1v) is 9.01. The molecule has 2 aromatic heterocycles. The van der Waals surface area contributed by atoms with E-state index in [4.69, 9.17) is 0 Å². The van der Waals surface area contributed by atoms with Crippen LogP contribution in [0, 0.1) is 5.92 Å². The number of rotatable bonds is 6. The first-order chi connectivity index (χ1) is 11.1. The highest BCUT2D eigenvalue weighted by atomic mass is 32.1. The van der Waals surface area contributed by atoms with Gasteiger partial charge in [-0.25, -0.2) is 0 Å². The van der Waals surface area contributed by atoms with Gasteiger partial charge in [-0.15, -0.1) is 10.2 Å². The summed E-state index contributed by atoms with van der Waals surface area (Å²) in [4.78, 5) is 14.6. The van der Waals surface area contributed by atoms with E-state index in [0.29, 0.717) is 18.2 Å². The van der Waals surface area contributed by atoms with Crippen molar-refractivity contribution in [2.45, 2.75) is 33.1 Å². The Balaban J connectivity index is 1.71. The number of carbonyl (C=O) groups excluding carboxylic acids is 1. The minimum atomic E-state index is -0.0615. The molecule has 0 spiro atoms. The summed E-state index contributed by atoms with van der Waals surface area (Å²) >= 11 is 1.53. The molecule has 23 heavy (non-hydrogen) atoms. The second kappa shape index (κ2) is 7.12. The zero-order valence-corrected chi connectivity index (χ0v) is 14.5. The molecule has 7 heteroatoms. The molecule has 124 valence electrons. The lowest BCUT2D eigenvalue weighted by atomic mass is 10.1. The van der Waals surface area contributed by atoms with Crippen LogP contribution >= 0.6 is 11.3 Å². The lowest BCUT2D eigenvalue weighted by molar-refractivity contribution is 0.0945. The van der Waals surface area contributed by atoms with E-state index in [1.165, 1.54) is 24.2 Å². The highest BCUT2D eigenvalue weighted by molar-refractivity contribution is 7.17. The molecule has 1 aliphatic heterocycles. The van der Waals surface area contributed by atoms with Gasteiger partial charge < -0.3 is 10.2 Å².